The molecule has 9 heteroatoms. The number of carbonyl (C=O) groups is 2. The van der Waals surface area contributed by atoms with Gasteiger partial charge in [-0.2, -0.15) is 0 Å². The lowest BCUT2D eigenvalue weighted by Gasteiger charge is -2.18. The molecule has 0 aromatic rings. The predicted molar refractivity (Wildman–Crippen MR) is 225 cm³/mol. The number of phosphoric ester groups is 1. The molecule has 0 saturated heterocycles. The Morgan fingerprint density at radius 2 is 0.907 bits per heavy atom. The molecule has 0 rings (SSSR count). The number of esters is 2. The zero-order valence-electron chi connectivity index (χ0n) is 34.1. The minimum absolute atomic E-state index is 0.130. The summed E-state index contributed by atoms with van der Waals surface area (Å²) in [6.45, 7) is 3.52. The molecule has 0 amide bonds. The maximum atomic E-state index is 12.4. The zero-order chi connectivity index (χ0) is 39.6. The monoisotopic (exact) mass is 777 g/mol. The van der Waals surface area contributed by atoms with Crippen LogP contribution in [-0.4, -0.2) is 41.0 Å². The molecule has 54 heavy (non-hydrogen) atoms. The number of hydrogen-bond donors (Lipinski definition) is 2. The Kier molecular flexibility index (Phi) is 38.3. The minimum Gasteiger partial charge on any atom is -0.462 e. The summed E-state index contributed by atoms with van der Waals surface area (Å²) < 4.78 is 26.3. The SMILES string of the molecule is CC/C=C\C/C=C\C/C=C\C/C=C\C/C=C\CCCC(=O)O[C@H](COC(=O)CCCCCCCCC/C=C\CCCCCCCCCC)COP(=O)(O)O. The second-order valence-electron chi connectivity index (χ2n) is 13.9. The molecule has 0 unspecified atom stereocenters. The number of rotatable bonds is 38. The number of allylic oxidation sites excluding steroid dienone is 12. The summed E-state index contributed by atoms with van der Waals surface area (Å²) in [5.74, 6) is -0.961. The number of hydrogen-bond acceptors (Lipinski definition) is 6. The van der Waals surface area contributed by atoms with Crippen molar-refractivity contribution in [3.63, 3.8) is 0 Å². The molecular weight excluding hydrogens is 699 g/mol. The van der Waals surface area contributed by atoms with Gasteiger partial charge in [-0.1, -0.05) is 164 Å². The predicted octanol–water partition coefficient (Wildman–Crippen LogP) is 13.1. The quantitative estimate of drug-likeness (QED) is 0.0275. The number of ether oxygens (including phenoxy) is 2. The van der Waals surface area contributed by atoms with Crippen LogP contribution in [0.15, 0.2) is 72.9 Å². The Morgan fingerprint density at radius 1 is 0.500 bits per heavy atom. The molecule has 310 valence electrons. The van der Waals surface area contributed by atoms with E-state index in [1.54, 1.807) is 0 Å². The van der Waals surface area contributed by atoms with E-state index in [1.807, 2.05) is 12.2 Å². The summed E-state index contributed by atoms with van der Waals surface area (Å²) in [4.78, 5) is 42.8. The van der Waals surface area contributed by atoms with Gasteiger partial charge in [0.2, 0.25) is 0 Å². The summed E-state index contributed by atoms with van der Waals surface area (Å²) in [7, 11) is -4.77. The Hall–Kier alpha value is -2.51. The van der Waals surface area contributed by atoms with Gasteiger partial charge in [0.05, 0.1) is 6.61 Å². The lowest BCUT2D eigenvalue weighted by atomic mass is 10.1. The molecule has 0 aliphatic rings. The Labute approximate surface area is 329 Å². The number of carbonyl (C=O) groups excluding carboxylic acids is 2. The van der Waals surface area contributed by atoms with Crippen LogP contribution in [0.2, 0.25) is 0 Å². The molecule has 8 nitrogen and oxygen atoms in total. The van der Waals surface area contributed by atoms with Gasteiger partial charge in [-0.25, -0.2) is 4.57 Å². The van der Waals surface area contributed by atoms with Crippen molar-refractivity contribution in [2.45, 2.75) is 187 Å². The van der Waals surface area contributed by atoms with E-state index >= 15 is 0 Å². The average molecular weight is 777 g/mol. The molecule has 0 fully saturated rings. The normalized spacial score (nSPS) is 13.2. The first-order valence-corrected chi connectivity index (χ1v) is 22.8. The third-order valence-electron chi connectivity index (χ3n) is 8.71. The van der Waals surface area contributed by atoms with Crippen molar-refractivity contribution in [2.75, 3.05) is 13.2 Å². The summed E-state index contributed by atoms with van der Waals surface area (Å²) in [6.07, 6.45) is 52.0. The van der Waals surface area contributed by atoms with Crippen LogP contribution in [0.1, 0.15) is 181 Å². The van der Waals surface area contributed by atoms with Crippen LogP contribution in [-0.2, 0) is 28.2 Å². The van der Waals surface area contributed by atoms with E-state index < -0.39 is 32.5 Å². The van der Waals surface area contributed by atoms with Crippen LogP contribution in [0.5, 0.6) is 0 Å². The van der Waals surface area contributed by atoms with Crippen molar-refractivity contribution >= 4 is 19.8 Å². The standard InChI is InChI=1S/C45H77O8P/c1-3-5-7-9-11-13-15-17-19-21-22-24-25-27-29-31-33-35-37-39-44(46)51-41-43(42-52-54(48,49)50)53-45(47)40-38-36-34-32-30-28-26-23-20-18-16-14-12-10-8-6-4-2/h6,8,12,14,18,20-22,26,28,32,34,43H,3-5,7,9-11,13,15-17,19,23-25,27,29-31,33,35-42H2,1-2H3,(H2,48,49,50)/b8-6-,14-12-,20-18-,22-21-,28-26-,34-32-/t43-/m1/s1. The molecule has 0 saturated carbocycles. The summed E-state index contributed by atoms with van der Waals surface area (Å²) in [5, 5.41) is 0. The highest BCUT2D eigenvalue weighted by Gasteiger charge is 2.22. The molecule has 0 aromatic heterocycles. The summed E-state index contributed by atoms with van der Waals surface area (Å²) in [5.41, 5.74) is 0. The van der Waals surface area contributed by atoms with Crippen molar-refractivity contribution < 1.29 is 37.9 Å². The molecule has 0 bridgehead atoms. The highest BCUT2D eigenvalue weighted by atomic mass is 31.2. The van der Waals surface area contributed by atoms with E-state index in [0.717, 1.165) is 57.8 Å². The van der Waals surface area contributed by atoms with Gasteiger partial charge in [0.15, 0.2) is 6.10 Å². The molecule has 2 N–H and O–H groups in total. The van der Waals surface area contributed by atoms with Crippen LogP contribution in [0.3, 0.4) is 0 Å². The highest BCUT2D eigenvalue weighted by Crippen LogP contribution is 2.36. The third-order valence-corrected chi connectivity index (χ3v) is 9.19. The summed E-state index contributed by atoms with van der Waals surface area (Å²) >= 11 is 0. The average Bonchev–Trinajstić information content (AvgIpc) is 3.14. The van der Waals surface area contributed by atoms with Gasteiger partial charge in [0.1, 0.15) is 6.61 Å². The van der Waals surface area contributed by atoms with Gasteiger partial charge in [0.25, 0.3) is 0 Å². The smallest absolute Gasteiger partial charge is 0.462 e. The zero-order valence-corrected chi connectivity index (χ0v) is 35.0. The maximum Gasteiger partial charge on any atom is 0.469 e. The Balaban J connectivity index is 4.01. The van der Waals surface area contributed by atoms with E-state index in [0.29, 0.717) is 19.3 Å². The van der Waals surface area contributed by atoms with Crippen molar-refractivity contribution in [3.8, 4) is 0 Å². The first kappa shape index (κ1) is 51.5. The van der Waals surface area contributed by atoms with Crippen LogP contribution < -0.4 is 0 Å². The molecule has 1 atom stereocenters. The second-order valence-corrected chi connectivity index (χ2v) is 15.2. The first-order valence-electron chi connectivity index (χ1n) is 21.2. The van der Waals surface area contributed by atoms with Crippen LogP contribution in [0.25, 0.3) is 0 Å². The fraction of sp³-hybridized carbons (Fsp3) is 0.689. The molecule has 0 aliphatic heterocycles. The van der Waals surface area contributed by atoms with Crippen molar-refractivity contribution in [3.05, 3.63) is 72.9 Å². The van der Waals surface area contributed by atoms with Gasteiger partial charge in [-0.05, 0) is 77.0 Å². The van der Waals surface area contributed by atoms with Crippen molar-refractivity contribution in [2.24, 2.45) is 0 Å². The largest absolute Gasteiger partial charge is 0.469 e. The maximum absolute atomic E-state index is 12.4. The van der Waals surface area contributed by atoms with Gasteiger partial charge < -0.3 is 19.3 Å². The molecular formula is C45H77O8P. The number of unbranched alkanes of at least 4 members (excludes halogenated alkanes) is 16. The molecule has 0 aliphatic carbocycles. The fourth-order valence-electron chi connectivity index (χ4n) is 5.58. The van der Waals surface area contributed by atoms with E-state index in [9.17, 15) is 14.2 Å². The molecule has 0 spiro atoms. The lowest BCUT2D eigenvalue weighted by molar-refractivity contribution is -0.161. The Bertz CT molecular complexity index is 1100. The summed E-state index contributed by atoms with van der Waals surface area (Å²) in [6, 6.07) is 0. The topological polar surface area (TPSA) is 119 Å². The molecule has 0 aromatic carbocycles. The van der Waals surface area contributed by atoms with E-state index in [4.69, 9.17) is 19.3 Å². The van der Waals surface area contributed by atoms with Crippen molar-refractivity contribution in [1.29, 1.82) is 0 Å². The Morgan fingerprint density at radius 3 is 1.41 bits per heavy atom. The fourth-order valence-corrected chi connectivity index (χ4v) is 5.94. The lowest BCUT2D eigenvalue weighted by Crippen LogP contribution is -2.29. The van der Waals surface area contributed by atoms with Gasteiger partial charge in [-0.15, -0.1) is 0 Å². The first-order chi connectivity index (χ1) is 26.3. The van der Waals surface area contributed by atoms with E-state index in [2.05, 4.69) is 79.1 Å². The van der Waals surface area contributed by atoms with E-state index in [1.165, 1.54) is 77.0 Å². The van der Waals surface area contributed by atoms with E-state index in [-0.39, 0.29) is 19.4 Å². The van der Waals surface area contributed by atoms with Gasteiger partial charge in [0, 0.05) is 12.8 Å². The van der Waals surface area contributed by atoms with Crippen molar-refractivity contribution in [1.82, 2.24) is 0 Å². The highest BCUT2D eigenvalue weighted by molar-refractivity contribution is 7.46. The number of phosphoric acid groups is 1. The van der Waals surface area contributed by atoms with Gasteiger partial charge >= 0.3 is 19.8 Å². The minimum atomic E-state index is -4.77. The van der Waals surface area contributed by atoms with Crippen LogP contribution >= 0.6 is 7.82 Å². The van der Waals surface area contributed by atoms with Gasteiger partial charge in [-0.3, -0.25) is 14.1 Å². The third kappa shape index (κ3) is 42.2. The van der Waals surface area contributed by atoms with Crippen LogP contribution in [0, 0.1) is 0 Å². The second kappa shape index (κ2) is 40.2. The molecule has 0 heterocycles. The van der Waals surface area contributed by atoms with Crippen LogP contribution in [0.4, 0.5) is 0 Å². The molecule has 0 radical (unpaired) electrons.